The number of hydrogen-bond donors (Lipinski definition) is 1. The Kier molecular flexibility index (Phi) is 7.13. The van der Waals surface area contributed by atoms with Crippen LogP contribution in [0.25, 0.3) is 6.08 Å². The maximum absolute atomic E-state index is 12.6. The third kappa shape index (κ3) is 4.67. The molecule has 7 nitrogen and oxygen atoms in total. The highest BCUT2D eigenvalue weighted by atomic mass is 35.5. The molecule has 2 aromatic rings. The van der Waals surface area contributed by atoms with E-state index < -0.39 is 5.91 Å². The second-order valence-corrected chi connectivity index (χ2v) is 5.83. The molecule has 0 aliphatic heterocycles. The van der Waals surface area contributed by atoms with Crippen molar-refractivity contribution in [1.82, 2.24) is 0 Å². The molecule has 2 aromatic carbocycles. The SMILES string of the molecule is COc1ccc(/C=C(\C#N)C(=O)Nc2cc(OC)c(Cl)cc2OC)c(OC)c1. The van der Waals surface area contributed by atoms with Crippen LogP contribution in [0.2, 0.25) is 5.02 Å². The molecule has 146 valence electrons. The number of methoxy groups -OCH3 is 4. The van der Waals surface area contributed by atoms with Gasteiger partial charge in [-0.05, 0) is 18.2 Å². The van der Waals surface area contributed by atoms with Crippen LogP contribution in [0, 0.1) is 11.3 Å². The summed E-state index contributed by atoms with van der Waals surface area (Å²) in [6.45, 7) is 0. The van der Waals surface area contributed by atoms with E-state index in [4.69, 9.17) is 30.5 Å². The lowest BCUT2D eigenvalue weighted by Gasteiger charge is -2.13. The summed E-state index contributed by atoms with van der Waals surface area (Å²) in [5.74, 6) is 1.12. The van der Waals surface area contributed by atoms with Crippen LogP contribution in [0.4, 0.5) is 5.69 Å². The van der Waals surface area contributed by atoms with Crippen molar-refractivity contribution in [3.63, 3.8) is 0 Å². The average Bonchev–Trinajstić information content (AvgIpc) is 2.72. The highest BCUT2D eigenvalue weighted by Crippen LogP contribution is 2.36. The summed E-state index contributed by atoms with van der Waals surface area (Å²) in [6, 6.07) is 9.97. The quantitative estimate of drug-likeness (QED) is 0.557. The number of rotatable bonds is 7. The molecule has 8 heteroatoms. The normalized spacial score (nSPS) is 10.6. The van der Waals surface area contributed by atoms with Gasteiger partial charge in [-0.1, -0.05) is 11.6 Å². The zero-order chi connectivity index (χ0) is 20.7. The topological polar surface area (TPSA) is 89.8 Å². The Labute approximate surface area is 168 Å². The van der Waals surface area contributed by atoms with Crippen molar-refractivity contribution in [2.75, 3.05) is 33.8 Å². The van der Waals surface area contributed by atoms with Gasteiger partial charge in [0.2, 0.25) is 0 Å². The van der Waals surface area contributed by atoms with Crippen molar-refractivity contribution in [2.24, 2.45) is 0 Å². The van der Waals surface area contributed by atoms with Crippen molar-refractivity contribution in [3.8, 4) is 29.1 Å². The largest absolute Gasteiger partial charge is 0.497 e. The van der Waals surface area contributed by atoms with Crippen LogP contribution < -0.4 is 24.3 Å². The first kappa shape index (κ1) is 20.9. The molecule has 0 saturated heterocycles. The number of halogens is 1. The van der Waals surface area contributed by atoms with E-state index >= 15 is 0 Å². The number of nitrogens with one attached hydrogen (secondary N) is 1. The van der Waals surface area contributed by atoms with Gasteiger partial charge in [0, 0.05) is 23.8 Å². The van der Waals surface area contributed by atoms with Crippen LogP contribution in [0.15, 0.2) is 35.9 Å². The van der Waals surface area contributed by atoms with E-state index in [0.717, 1.165) is 0 Å². The van der Waals surface area contributed by atoms with E-state index in [0.29, 0.717) is 39.3 Å². The number of carbonyl (C=O) groups excluding carboxylic acids is 1. The number of nitriles is 1. The van der Waals surface area contributed by atoms with Gasteiger partial charge in [-0.15, -0.1) is 0 Å². The van der Waals surface area contributed by atoms with E-state index in [9.17, 15) is 10.1 Å². The predicted molar refractivity (Wildman–Crippen MR) is 106 cm³/mol. The summed E-state index contributed by atoms with van der Waals surface area (Å²) >= 11 is 6.07. The van der Waals surface area contributed by atoms with Gasteiger partial charge >= 0.3 is 0 Å². The molecule has 0 fully saturated rings. The second kappa shape index (κ2) is 9.53. The van der Waals surface area contributed by atoms with Crippen molar-refractivity contribution >= 4 is 29.3 Å². The van der Waals surface area contributed by atoms with Crippen LogP contribution in [0.3, 0.4) is 0 Å². The van der Waals surface area contributed by atoms with E-state index in [1.807, 2.05) is 6.07 Å². The summed E-state index contributed by atoms with van der Waals surface area (Å²) in [4.78, 5) is 12.6. The molecule has 2 rings (SSSR count). The summed E-state index contributed by atoms with van der Waals surface area (Å²) in [7, 11) is 5.92. The van der Waals surface area contributed by atoms with Gasteiger partial charge in [0.15, 0.2) is 0 Å². The lowest BCUT2D eigenvalue weighted by atomic mass is 10.1. The lowest BCUT2D eigenvalue weighted by molar-refractivity contribution is -0.112. The first-order valence-corrected chi connectivity index (χ1v) is 8.41. The minimum atomic E-state index is -0.622. The molecule has 0 spiro atoms. The Balaban J connectivity index is 2.37. The molecular formula is C20H19ClN2O5. The predicted octanol–water partition coefficient (Wildman–Crippen LogP) is 3.92. The van der Waals surface area contributed by atoms with Crippen molar-refractivity contribution in [2.45, 2.75) is 0 Å². The molecule has 0 bridgehead atoms. The maximum Gasteiger partial charge on any atom is 0.266 e. The van der Waals surface area contributed by atoms with Crippen LogP contribution in [0.5, 0.6) is 23.0 Å². The second-order valence-electron chi connectivity index (χ2n) is 5.42. The number of anilines is 1. The zero-order valence-electron chi connectivity index (χ0n) is 15.8. The van der Waals surface area contributed by atoms with E-state index in [1.54, 1.807) is 18.2 Å². The number of ether oxygens (including phenoxy) is 4. The fourth-order valence-electron chi connectivity index (χ4n) is 2.39. The van der Waals surface area contributed by atoms with Crippen molar-refractivity contribution in [1.29, 1.82) is 5.26 Å². The fraction of sp³-hybridized carbons (Fsp3) is 0.200. The van der Waals surface area contributed by atoms with E-state index in [2.05, 4.69) is 5.32 Å². The van der Waals surface area contributed by atoms with Gasteiger partial charge in [0.25, 0.3) is 5.91 Å². The Hall–Kier alpha value is -3.37. The van der Waals surface area contributed by atoms with Crippen molar-refractivity contribution in [3.05, 3.63) is 46.5 Å². The van der Waals surface area contributed by atoms with Gasteiger partial charge in [-0.3, -0.25) is 4.79 Å². The fourth-order valence-corrected chi connectivity index (χ4v) is 2.62. The molecule has 0 heterocycles. The first-order valence-electron chi connectivity index (χ1n) is 8.04. The highest BCUT2D eigenvalue weighted by molar-refractivity contribution is 6.32. The van der Waals surface area contributed by atoms with Crippen LogP contribution in [-0.2, 0) is 4.79 Å². The Morgan fingerprint density at radius 2 is 1.68 bits per heavy atom. The molecule has 0 radical (unpaired) electrons. The standard InChI is InChI=1S/C20H19ClN2O5/c1-25-14-6-5-12(17(8-14)26-2)7-13(11-22)20(24)23-16-10-18(27-3)15(21)9-19(16)28-4/h5-10H,1-4H3,(H,23,24)/b13-7+. The van der Waals surface area contributed by atoms with E-state index in [-0.39, 0.29) is 5.57 Å². The third-order valence-corrected chi connectivity index (χ3v) is 4.12. The lowest BCUT2D eigenvalue weighted by Crippen LogP contribution is -2.14. The molecule has 0 aliphatic rings. The van der Waals surface area contributed by atoms with Gasteiger partial charge in [0.1, 0.15) is 34.6 Å². The van der Waals surface area contributed by atoms with Crippen LogP contribution >= 0.6 is 11.6 Å². The maximum atomic E-state index is 12.6. The van der Waals surface area contributed by atoms with Gasteiger partial charge in [-0.2, -0.15) is 5.26 Å². The summed E-state index contributed by atoms with van der Waals surface area (Å²) in [5.41, 5.74) is 0.742. The molecule has 28 heavy (non-hydrogen) atoms. The molecule has 0 atom stereocenters. The minimum absolute atomic E-state index is 0.126. The molecule has 1 N–H and O–H groups in total. The smallest absolute Gasteiger partial charge is 0.266 e. The summed E-state index contributed by atoms with van der Waals surface area (Å²) < 4.78 is 20.8. The Morgan fingerprint density at radius 1 is 1.00 bits per heavy atom. The Morgan fingerprint density at radius 3 is 2.25 bits per heavy atom. The number of amides is 1. The molecule has 1 amide bonds. The van der Waals surface area contributed by atoms with Gasteiger partial charge in [-0.25, -0.2) is 0 Å². The molecule has 0 unspecified atom stereocenters. The molecule has 0 aliphatic carbocycles. The number of benzene rings is 2. The summed E-state index contributed by atoms with van der Waals surface area (Å²) in [6.07, 6.45) is 1.42. The molecule has 0 saturated carbocycles. The first-order chi connectivity index (χ1) is 13.5. The van der Waals surface area contributed by atoms with Gasteiger partial charge in [0.05, 0.1) is 39.1 Å². The zero-order valence-corrected chi connectivity index (χ0v) is 16.6. The van der Waals surface area contributed by atoms with Crippen LogP contribution in [-0.4, -0.2) is 34.3 Å². The highest BCUT2D eigenvalue weighted by Gasteiger charge is 2.16. The monoisotopic (exact) mass is 402 g/mol. The molecule has 0 aromatic heterocycles. The minimum Gasteiger partial charge on any atom is -0.497 e. The molecular weight excluding hydrogens is 384 g/mol. The van der Waals surface area contributed by atoms with Crippen LogP contribution in [0.1, 0.15) is 5.56 Å². The summed E-state index contributed by atoms with van der Waals surface area (Å²) in [5, 5.41) is 12.4. The Bertz CT molecular complexity index is 950. The third-order valence-electron chi connectivity index (χ3n) is 3.83. The van der Waals surface area contributed by atoms with Crippen molar-refractivity contribution < 1.29 is 23.7 Å². The van der Waals surface area contributed by atoms with Gasteiger partial charge < -0.3 is 24.3 Å². The average molecular weight is 403 g/mol. The number of carbonyl (C=O) groups is 1. The number of nitrogens with zero attached hydrogens (tertiary/aromatic N) is 1. The number of hydrogen-bond acceptors (Lipinski definition) is 6. The van der Waals surface area contributed by atoms with E-state index in [1.165, 1.54) is 46.6 Å².